The summed E-state index contributed by atoms with van der Waals surface area (Å²) in [6.45, 7) is 2.25. The van der Waals surface area contributed by atoms with Crippen molar-refractivity contribution in [2.75, 3.05) is 0 Å². The Labute approximate surface area is 145 Å². The van der Waals surface area contributed by atoms with E-state index in [1.807, 2.05) is 12.1 Å². The molecule has 0 spiro atoms. The van der Waals surface area contributed by atoms with E-state index < -0.39 is 5.97 Å². The van der Waals surface area contributed by atoms with Crippen molar-refractivity contribution >= 4 is 5.97 Å². The Balaban J connectivity index is 1.79. The van der Waals surface area contributed by atoms with Gasteiger partial charge in [0, 0.05) is 0 Å². The van der Waals surface area contributed by atoms with E-state index in [4.69, 9.17) is 0 Å². The lowest BCUT2D eigenvalue weighted by Gasteiger charge is -2.07. The van der Waals surface area contributed by atoms with Gasteiger partial charge in [0.15, 0.2) is 0 Å². The maximum Gasteiger partial charge on any atom is 0.0715 e. The van der Waals surface area contributed by atoms with Gasteiger partial charge >= 0.3 is 0 Å². The lowest BCUT2D eigenvalue weighted by atomic mass is 10.00. The number of carboxylic acids is 1. The van der Waals surface area contributed by atoms with Crippen molar-refractivity contribution in [3.63, 3.8) is 0 Å². The molecule has 0 fully saturated rings. The minimum absolute atomic E-state index is 0.217. The fourth-order valence-corrected chi connectivity index (χ4v) is 2.95. The van der Waals surface area contributed by atoms with Gasteiger partial charge in [-0.25, -0.2) is 0 Å². The SMILES string of the molecule is CCCCCCCCCc1ccc(-c2ccc(C(=O)[O-])cc2)cc1. The highest BCUT2D eigenvalue weighted by atomic mass is 16.4. The molecule has 0 unspecified atom stereocenters. The lowest BCUT2D eigenvalue weighted by Crippen LogP contribution is -2.21. The molecular formula is C22H27O2-. The van der Waals surface area contributed by atoms with Gasteiger partial charge in [0.05, 0.1) is 5.97 Å². The number of hydrogen-bond acceptors (Lipinski definition) is 2. The monoisotopic (exact) mass is 323 g/mol. The van der Waals surface area contributed by atoms with Gasteiger partial charge in [0.25, 0.3) is 0 Å². The van der Waals surface area contributed by atoms with Crippen LogP contribution in [-0.4, -0.2) is 5.97 Å². The Morgan fingerprint density at radius 1 is 0.750 bits per heavy atom. The largest absolute Gasteiger partial charge is 0.545 e. The Bertz CT molecular complexity index is 611. The fraction of sp³-hybridized carbons (Fsp3) is 0.409. The van der Waals surface area contributed by atoms with Crippen LogP contribution in [0.15, 0.2) is 48.5 Å². The number of unbranched alkanes of at least 4 members (excludes halogenated alkanes) is 6. The molecule has 0 aliphatic carbocycles. The van der Waals surface area contributed by atoms with Crippen molar-refractivity contribution in [1.29, 1.82) is 0 Å². The minimum Gasteiger partial charge on any atom is -0.545 e. The number of hydrogen-bond donors (Lipinski definition) is 0. The molecule has 0 radical (unpaired) electrons. The normalized spacial score (nSPS) is 10.7. The quantitative estimate of drug-likeness (QED) is 0.577. The first-order chi connectivity index (χ1) is 11.7. The summed E-state index contributed by atoms with van der Waals surface area (Å²) in [6.07, 6.45) is 10.5. The first kappa shape index (κ1) is 18.3. The van der Waals surface area contributed by atoms with Gasteiger partial charge in [-0.1, -0.05) is 94.0 Å². The summed E-state index contributed by atoms with van der Waals surface area (Å²) in [7, 11) is 0. The Kier molecular flexibility index (Phi) is 7.54. The van der Waals surface area contributed by atoms with Crippen LogP contribution in [0.25, 0.3) is 11.1 Å². The van der Waals surface area contributed by atoms with E-state index in [2.05, 4.69) is 31.2 Å². The van der Waals surface area contributed by atoms with Gasteiger partial charge in [-0.15, -0.1) is 0 Å². The molecule has 128 valence electrons. The molecule has 0 bridgehead atoms. The second kappa shape index (κ2) is 9.92. The van der Waals surface area contributed by atoms with Crippen molar-refractivity contribution in [1.82, 2.24) is 0 Å². The average molecular weight is 323 g/mol. The highest BCUT2D eigenvalue weighted by molar-refractivity contribution is 5.86. The highest BCUT2D eigenvalue weighted by Gasteiger charge is 2.00. The molecule has 2 heteroatoms. The van der Waals surface area contributed by atoms with Gasteiger partial charge in [-0.2, -0.15) is 0 Å². The molecule has 0 aromatic heterocycles. The van der Waals surface area contributed by atoms with E-state index in [9.17, 15) is 9.90 Å². The number of aryl methyl sites for hydroxylation is 1. The maximum atomic E-state index is 10.8. The van der Waals surface area contributed by atoms with Crippen LogP contribution in [0, 0.1) is 0 Å². The fourth-order valence-electron chi connectivity index (χ4n) is 2.95. The van der Waals surface area contributed by atoms with Crippen molar-refractivity contribution in [3.8, 4) is 11.1 Å². The third-order valence-electron chi connectivity index (χ3n) is 4.48. The van der Waals surface area contributed by atoms with Crippen LogP contribution in [0.5, 0.6) is 0 Å². The van der Waals surface area contributed by atoms with Gasteiger partial charge in [-0.05, 0) is 35.1 Å². The zero-order valence-electron chi connectivity index (χ0n) is 14.6. The standard InChI is InChI=1S/C22H28O2/c1-2-3-4-5-6-7-8-9-18-10-12-19(13-11-18)20-14-16-21(17-15-20)22(23)24/h10-17H,2-9H2,1H3,(H,23,24)/p-1. The maximum absolute atomic E-state index is 10.8. The lowest BCUT2D eigenvalue weighted by molar-refractivity contribution is -0.255. The first-order valence-electron chi connectivity index (χ1n) is 9.11. The molecule has 0 saturated carbocycles. The van der Waals surface area contributed by atoms with Crippen LogP contribution < -0.4 is 5.11 Å². The third kappa shape index (κ3) is 5.84. The predicted octanol–water partition coefficient (Wildman–Crippen LogP) is 5.01. The van der Waals surface area contributed by atoms with Gasteiger partial charge in [0.2, 0.25) is 0 Å². The van der Waals surface area contributed by atoms with Gasteiger partial charge in [-0.3, -0.25) is 0 Å². The van der Waals surface area contributed by atoms with E-state index in [-0.39, 0.29) is 5.56 Å². The average Bonchev–Trinajstić information content (AvgIpc) is 2.61. The Morgan fingerprint density at radius 3 is 1.79 bits per heavy atom. The summed E-state index contributed by atoms with van der Waals surface area (Å²) in [6, 6.07) is 15.4. The number of rotatable bonds is 10. The van der Waals surface area contributed by atoms with E-state index in [0.717, 1.165) is 17.5 Å². The summed E-state index contributed by atoms with van der Waals surface area (Å²) in [5.74, 6) is -1.13. The van der Waals surface area contributed by atoms with Gasteiger partial charge < -0.3 is 9.90 Å². The zero-order chi connectivity index (χ0) is 17.2. The van der Waals surface area contributed by atoms with Crippen molar-refractivity contribution in [2.24, 2.45) is 0 Å². The molecule has 2 nitrogen and oxygen atoms in total. The Hall–Kier alpha value is -2.09. The molecule has 0 amide bonds. The highest BCUT2D eigenvalue weighted by Crippen LogP contribution is 2.21. The molecule has 0 saturated heterocycles. The first-order valence-corrected chi connectivity index (χ1v) is 9.11. The summed E-state index contributed by atoms with van der Waals surface area (Å²) in [5, 5.41) is 10.8. The molecule has 0 aliphatic rings. The van der Waals surface area contributed by atoms with Crippen molar-refractivity contribution < 1.29 is 9.90 Å². The topological polar surface area (TPSA) is 40.1 Å². The van der Waals surface area contributed by atoms with Crippen LogP contribution >= 0.6 is 0 Å². The molecule has 24 heavy (non-hydrogen) atoms. The minimum atomic E-state index is -1.13. The molecule has 2 aromatic carbocycles. The van der Waals surface area contributed by atoms with E-state index in [1.54, 1.807) is 12.1 Å². The number of carboxylic acid groups (broad SMARTS) is 1. The van der Waals surface area contributed by atoms with E-state index >= 15 is 0 Å². The number of carbonyl (C=O) groups is 1. The third-order valence-corrected chi connectivity index (χ3v) is 4.48. The Morgan fingerprint density at radius 2 is 1.25 bits per heavy atom. The molecule has 0 heterocycles. The zero-order valence-corrected chi connectivity index (χ0v) is 14.6. The molecule has 0 atom stereocenters. The van der Waals surface area contributed by atoms with E-state index in [0.29, 0.717) is 0 Å². The number of carbonyl (C=O) groups excluding carboxylic acids is 1. The summed E-state index contributed by atoms with van der Waals surface area (Å²) >= 11 is 0. The molecule has 2 aromatic rings. The molecule has 0 aliphatic heterocycles. The van der Waals surface area contributed by atoms with Crippen LogP contribution in [0.4, 0.5) is 0 Å². The molecule has 0 N–H and O–H groups in total. The summed E-state index contributed by atoms with van der Waals surface area (Å²) < 4.78 is 0. The second-order valence-electron chi connectivity index (χ2n) is 6.43. The summed E-state index contributed by atoms with van der Waals surface area (Å²) in [4.78, 5) is 10.8. The van der Waals surface area contributed by atoms with Crippen LogP contribution in [0.1, 0.15) is 67.8 Å². The number of aromatic carboxylic acids is 1. The van der Waals surface area contributed by atoms with Crippen molar-refractivity contribution in [2.45, 2.75) is 58.3 Å². The van der Waals surface area contributed by atoms with Crippen LogP contribution in [0.3, 0.4) is 0 Å². The smallest absolute Gasteiger partial charge is 0.0715 e. The van der Waals surface area contributed by atoms with Crippen molar-refractivity contribution in [3.05, 3.63) is 59.7 Å². The van der Waals surface area contributed by atoms with E-state index in [1.165, 1.54) is 50.5 Å². The summed E-state index contributed by atoms with van der Waals surface area (Å²) in [5.41, 5.74) is 3.73. The predicted molar refractivity (Wildman–Crippen MR) is 97.9 cm³/mol. The van der Waals surface area contributed by atoms with Gasteiger partial charge in [0.1, 0.15) is 0 Å². The van der Waals surface area contributed by atoms with Crippen LogP contribution in [-0.2, 0) is 6.42 Å². The van der Waals surface area contributed by atoms with Crippen LogP contribution in [0.2, 0.25) is 0 Å². The molecular weight excluding hydrogens is 296 g/mol. The number of benzene rings is 2. The molecule has 2 rings (SSSR count). The second-order valence-corrected chi connectivity index (χ2v) is 6.43.